The van der Waals surface area contributed by atoms with Crippen molar-refractivity contribution in [2.45, 2.75) is 82.8 Å². The molecule has 0 spiro atoms. The highest BCUT2D eigenvalue weighted by atomic mass is 16.6. The van der Waals surface area contributed by atoms with Crippen LogP contribution in [0.1, 0.15) is 64.7 Å². The predicted octanol–water partition coefficient (Wildman–Crippen LogP) is 2.42. The number of nitrogens with one attached hydrogen (secondary N) is 2. The van der Waals surface area contributed by atoms with E-state index in [1.807, 2.05) is 11.8 Å². The van der Waals surface area contributed by atoms with E-state index in [0.717, 1.165) is 45.1 Å². The van der Waals surface area contributed by atoms with Crippen LogP contribution in [0, 0.1) is 5.92 Å². The molecule has 6 nitrogen and oxygen atoms in total. The molecule has 3 atom stereocenters. The summed E-state index contributed by atoms with van der Waals surface area (Å²) < 4.78 is 5.20. The number of piperidine rings is 1. The van der Waals surface area contributed by atoms with Gasteiger partial charge in [-0.1, -0.05) is 19.3 Å². The first-order valence-corrected chi connectivity index (χ1v) is 10.1. The van der Waals surface area contributed by atoms with E-state index in [-0.39, 0.29) is 17.9 Å². The molecule has 0 aromatic carbocycles. The van der Waals surface area contributed by atoms with Gasteiger partial charge < -0.3 is 20.3 Å². The molecule has 3 aliphatic rings. The Kier molecular flexibility index (Phi) is 6.57. The Morgan fingerprint density at radius 1 is 1.00 bits per heavy atom. The van der Waals surface area contributed by atoms with Gasteiger partial charge in [0.2, 0.25) is 5.91 Å². The Bertz CT molecular complexity index is 451. The van der Waals surface area contributed by atoms with Crippen molar-refractivity contribution >= 4 is 12.0 Å². The van der Waals surface area contributed by atoms with Gasteiger partial charge in [0.15, 0.2) is 0 Å². The fourth-order valence-electron chi connectivity index (χ4n) is 4.81. The molecule has 142 valence electrons. The quantitative estimate of drug-likeness (QED) is 0.721. The molecule has 2 heterocycles. The third-order valence-electron chi connectivity index (χ3n) is 6.04. The molecule has 0 radical (unpaired) electrons. The van der Waals surface area contributed by atoms with Crippen molar-refractivity contribution in [3.8, 4) is 0 Å². The summed E-state index contributed by atoms with van der Waals surface area (Å²) in [6.45, 7) is 3.80. The fourth-order valence-corrected chi connectivity index (χ4v) is 4.81. The van der Waals surface area contributed by atoms with Crippen LogP contribution in [0.5, 0.6) is 0 Å². The lowest BCUT2D eigenvalue weighted by Crippen LogP contribution is -2.52. The topological polar surface area (TPSA) is 70.7 Å². The van der Waals surface area contributed by atoms with Gasteiger partial charge >= 0.3 is 6.09 Å². The monoisotopic (exact) mass is 351 g/mol. The van der Waals surface area contributed by atoms with Gasteiger partial charge in [-0.05, 0) is 45.4 Å². The van der Waals surface area contributed by atoms with Gasteiger partial charge in [-0.25, -0.2) is 4.79 Å². The van der Waals surface area contributed by atoms with E-state index in [4.69, 9.17) is 4.74 Å². The minimum atomic E-state index is -0.145. The minimum absolute atomic E-state index is 0.145. The Labute approximate surface area is 151 Å². The van der Waals surface area contributed by atoms with Crippen LogP contribution in [0.15, 0.2) is 0 Å². The summed E-state index contributed by atoms with van der Waals surface area (Å²) in [7, 11) is 0. The highest BCUT2D eigenvalue weighted by molar-refractivity contribution is 5.78. The summed E-state index contributed by atoms with van der Waals surface area (Å²) in [4.78, 5) is 26.2. The molecule has 3 rings (SSSR count). The number of carbonyl (C=O) groups is 2. The highest BCUT2D eigenvalue weighted by Gasteiger charge is 2.43. The summed E-state index contributed by atoms with van der Waals surface area (Å²) >= 11 is 0. The first-order valence-electron chi connectivity index (χ1n) is 10.1. The van der Waals surface area contributed by atoms with Crippen LogP contribution >= 0.6 is 0 Å². The molecule has 0 aromatic heterocycles. The van der Waals surface area contributed by atoms with Crippen LogP contribution in [0.2, 0.25) is 0 Å². The molecule has 3 fully saturated rings. The number of hydrogen-bond donors (Lipinski definition) is 2. The number of hydrogen-bond acceptors (Lipinski definition) is 4. The molecule has 1 aliphatic carbocycles. The fraction of sp³-hybridized carbons (Fsp3) is 0.895. The highest BCUT2D eigenvalue weighted by Crippen LogP contribution is 2.36. The van der Waals surface area contributed by atoms with E-state index in [9.17, 15) is 9.59 Å². The summed E-state index contributed by atoms with van der Waals surface area (Å²) in [5.41, 5.74) is 0. The SMILES string of the molecule is CCOC(=O)N1[C@@H]2CC[C@H]1CC(NCCNC(=O)C1CCCCC1)C2. The molecule has 2 amide bonds. The lowest BCUT2D eigenvalue weighted by molar-refractivity contribution is -0.125. The molecule has 6 heteroatoms. The van der Waals surface area contributed by atoms with E-state index in [1.54, 1.807) is 0 Å². The van der Waals surface area contributed by atoms with Crippen LogP contribution in [0.25, 0.3) is 0 Å². The number of nitrogens with zero attached hydrogens (tertiary/aromatic N) is 1. The maximum Gasteiger partial charge on any atom is 0.410 e. The van der Waals surface area contributed by atoms with E-state index >= 15 is 0 Å². The molecular weight excluding hydrogens is 318 g/mol. The zero-order valence-corrected chi connectivity index (χ0v) is 15.5. The van der Waals surface area contributed by atoms with Crippen molar-refractivity contribution in [1.82, 2.24) is 15.5 Å². The standard InChI is InChI=1S/C19H33N3O3/c1-2-25-19(24)22-16-8-9-17(22)13-15(12-16)20-10-11-21-18(23)14-6-4-3-5-7-14/h14-17,20H,2-13H2,1H3,(H,21,23)/t15?,16-,17+. The second-order valence-corrected chi connectivity index (χ2v) is 7.74. The molecule has 2 N–H and O–H groups in total. The van der Waals surface area contributed by atoms with Crippen molar-refractivity contribution in [2.24, 2.45) is 5.92 Å². The van der Waals surface area contributed by atoms with Crippen molar-refractivity contribution in [2.75, 3.05) is 19.7 Å². The predicted molar refractivity (Wildman–Crippen MR) is 96.3 cm³/mol. The van der Waals surface area contributed by atoms with Gasteiger partial charge in [0.05, 0.1) is 6.61 Å². The number of carbonyl (C=O) groups excluding carboxylic acids is 2. The van der Waals surface area contributed by atoms with Gasteiger partial charge in [-0.3, -0.25) is 4.79 Å². The molecule has 1 saturated carbocycles. The lowest BCUT2D eigenvalue weighted by atomic mass is 9.89. The van der Waals surface area contributed by atoms with Crippen molar-refractivity contribution in [1.29, 1.82) is 0 Å². The van der Waals surface area contributed by atoms with E-state index < -0.39 is 0 Å². The average Bonchev–Trinajstić information content (AvgIpc) is 2.90. The summed E-state index contributed by atoms with van der Waals surface area (Å²) in [6, 6.07) is 1.06. The minimum Gasteiger partial charge on any atom is -0.450 e. The molecular formula is C19H33N3O3. The van der Waals surface area contributed by atoms with Gasteiger partial charge in [0.25, 0.3) is 0 Å². The number of amides is 2. The van der Waals surface area contributed by atoms with Crippen molar-refractivity contribution < 1.29 is 14.3 Å². The average molecular weight is 351 g/mol. The third-order valence-corrected chi connectivity index (χ3v) is 6.04. The Hall–Kier alpha value is -1.30. The summed E-state index contributed by atoms with van der Waals surface area (Å²) in [5.74, 6) is 0.469. The normalized spacial score (nSPS) is 29.5. The van der Waals surface area contributed by atoms with Crippen LogP contribution < -0.4 is 10.6 Å². The first-order chi connectivity index (χ1) is 12.2. The Balaban J connectivity index is 1.35. The smallest absolute Gasteiger partial charge is 0.410 e. The maximum absolute atomic E-state index is 12.1. The number of rotatable bonds is 6. The zero-order chi connectivity index (χ0) is 17.6. The molecule has 1 unspecified atom stereocenters. The summed E-state index contributed by atoms with van der Waals surface area (Å²) in [6.07, 6.45) is 9.77. The lowest BCUT2D eigenvalue weighted by Gasteiger charge is -2.38. The van der Waals surface area contributed by atoms with Gasteiger partial charge in [-0.15, -0.1) is 0 Å². The third kappa shape index (κ3) is 4.66. The largest absolute Gasteiger partial charge is 0.450 e. The van der Waals surface area contributed by atoms with E-state index in [0.29, 0.717) is 31.3 Å². The van der Waals surface area contributed by atoms with E-state index in [1.165, 1.54) is 19.3 Å². The Morgan fingerprint density at radius 2 is 1.68 bits per heavy atom. The number of ether oxygens (including phenoxy) is 1. The van der Waals surface area contributed by atoms with Crippen LogP contribution in [-0.2, 0) is 9.53 Å². The van der Waals surface area contributed by atoms with Gasteiger partial charge in [-0.2, -0.15) is 0 Å². The second kappa shape index (κ2) is 8.88. The van der Waals surface area contributed by atoms with Crippen molar-refractivity contribution in [3.63, 3.8) is 0 Å². The molecule has 2 aliphatic heterocycles. The molecule has 25 heavy (non-hydrogen) atoms. The molecule has 2 saturated heterocycles. The number of fused-ring (bicyclic) bond motifs is 2. The van der Waals surface area contributed by atoms with E-state index in [2.05, 4.69) is 10.6 Å². The molecule has 2 bridgehead atoms. The van der Waals surface area contributed by atoms with Crippen LogP contribution in [-0.4, -0.2) is 54.7 Å². The van der Waals surface area contributed by atoms with Gasteiger partial charge in [0.1, 0.15) is 0 Å². The molecule has 0 aromatic rings. The summed E-state index contributed by atoms with van der Waals surface area (Å²) in [5, 5.41) is 6.67. The van der Waals surface area contributed by atoms with Crippen molar-refractivity contribution in [3.05, 3.63) is 0 Å². The maximum atomic E-state index is 12.1. The first kappa shape index (κ1) is 18.5. The Morgan fingerprint density at radius 3 is 2.32 bits per heavy atom. The zero-order valence-electron chi connectivity index (χ0n) is 15.5. The van der Waals surface area contributed by atoms with Crippen LogP contribution in [0.3, 0.4) is 0 Å². The van der Waals surface area contributed by atoms with Gasteiger partial charge in [0, 0.05) is 37.1 Å². The second-order valence-electron chi connectivity index (χ2n) is 7.74. The van der Waals surface area contributed by atoms with Crippen LogP contribution in [0.4, 0.5) is 4.79 Å².